The normalized spacial score (nSPS) is 11.0. The summed E-state index contributed by atoms with van der Waals surface area (Å²) in [6, 6.07) is 4.80. The van der Waals surface area contributed by atoms with Gasteiger partial charge in [-0.15, -0.1) is 0 Å². The van der Waals surface area contributed by atoms with Crippen LogP contribution in [0.3, 0.4) is 0 Å². The number of rotatable bonds is 5. The van der Waals surface area contributed by atoms with E-state index in [1.54, 1.807) is 6.07 Å². The summed E-state index contributed by atoms with van der Waals surface area (Å²) in [5.74, 6) is 0. The molecule has 0 spiro atoms. The maximum atomic E-state index is 12.9. The van der Waals surface area contributed by atoms with Crippen LogP contribution in [-0.4, -0.2) is 21.2 Å². The molecule has 1 N–H and O–H groups in total. The molecular weight excluding hydrogens is 315 g/mol. The van der Waals surface area contributed by atoms with Crippen LogP contribution in [-0.2, 0) is 12.7 Å². The summed E-state index contributed by atoms with van der Waals surface area (Å²) in [7, 11) is 0. The number of anilines is 1. The average Bonchev–Trinajstić information content (AvgIpc) is 2.95. The van der Waals surface area contributed by atoms with Gasteiger partial charge in [0.25, 0.3) is 0 Å². The van der Waals surface area contributed by atoms with Crippen LogP contribution in [0.1, 0.15) is 11.1 Å². The summed E-state index contributed by atoms with van der Waals surface area (Å²) in [6.45, 7) is 0.179. The van der Waals surface area contributed by atoms with E-state index in [1.165, 1.54) is 10.9 Å². The van der Waals surface area contributed by atoms with Crippen molar-refractivity contribution in [1.82, 2.24) is 9.78 Å². The zero-order valence-corrected chi connectivity index (χ0v) is 11.5. The van der Waals surface area contributed by atoms with E-state index in [0.29, 0.717) is 0 Å². The van der Waals surface area contributed by atoms with E-state index in [1.807, 2.05) is 0 Å². The summed E-state index contributed by atoms with van der Waals surface area (Å²) in [4.78, 5) is 9.90. The van der Waals surface area contributed by atoms with Crippen molar-refractivity contribution >= 4 is 11.4 Å². The number of alkyl halides is 3. The predicted octanol–water partition coefficient (Wildman–Crippen LogP) is 2.79. The lowest BCUT2D eigenvalue weighted by atomic mass is 10.1. The first-order valence-corrected chi connectivity index (χ1v) is 6.33. The molecule has 2 aromatic rings. The van der Waals surface area contributed by atoms with Crippen molar-refractivity contribution in [2.24, 2.45) is 0 Å². The smallest absolute Gasteiger partial charge is 0.383 e. The largest absolute Gasteiger partial charge is 0.418 e. The molecule has 1 aromatic heterocycles. The summed E-state index contributed by atoms with van der Waals surface area (Å²) in [6.07, 6.45) is -2.32. The summed E-state index contributed by atoms with van der Waals surface area (Å²) >= 11 is 0. The SMILES string of the molecule is N#Cc1ccc(C(F)(F)F)c(NCCn2cc([N+](=O)[O-])cn2)c1. The van der Waals surface area contributed by atoms with E-state index < -0.39 is 16.7 Å². The third kappa shape index (κ3) is 3.97. The van der Waals surface area contributed by atoms with Crippen LogP contribution < -0.4 is 5.32 Å². The molecular formula is C13H10F3N5O2. The van der Waals surface area contributed by atoms with Gasteiger partial charge < -0.3 is 5.32 Å². The first-order chi connectivity index (χ1) is 10.8. The van der Waals surface area contributed by atoms with Crippen molar-refractivity contribution in [3.8, 4) is 6.07 Å². The Morgan fingerprint density at radius 1 is 1.43 bits per heavy atom. The van der Waals surface area contributed by atoms with Crippen LogP contribution in [0, 0.1) is 21.4 Å². The molecule has 0 saturated heterocycles. The molecule has 0 unspecified atom stereocenters. The standard InChI is InChI=1S/C13H10F3N5O2/c14-13(15,16)11-2-1-9(6-17)5-12(11)18-3-4-20-8-10(7-19-20)21(22)23/h1-2,5,7-8,18H,3-4H2. The van der Waals surface area contributed by atoms with Gasteiger partial charge >= 0.3 is 11.9 Å². The van der Waals surface area contributed by atoms with Gasteiger partial charge in [0, 0.05) is 12.2 Å². The van der Waals surface area contributed by atoms with Crippen molar-refractivity contribution in [3.05, 3.63) is 51.8 Å². The Hall–Kier alpha value is -3.09. The van der Waals surface area contributed by atoms with E-state index in [2.05, 4.69) is 10.4 Å². The van der Waals surface area contributed by atoms with Crippen LogP contribution >= 0.6 is 0 Å². The first-order valence-electron chi connectivity index (χ1n) is 6.33. The first kappa shape index (κ1) is 16.3. The fourth-order valence-electron chi connectivity index (χ4n) is 1.88. The molecule has 0 aliphatic heterocycles. The third-order valence-corrected chi connectivity index (χ3v) is 2.94. The van der Waals surface area contributed by atoms with Crippen molar-refractivity contribution in [3.63, 3.8) is 0 Å². The number of benzene rings is 1. The number of nitrogens with zero attached hydrogens (tertiary/aromatic N) is 4. The minimum Gasteiger partial charge on any atom is -0.383 e. The third-order valence-electron chi connectivity index (χ3n) is 2.94. The predicted molar refractivity (Wildman–Crippen MR) is 73.5 cm³/mol. The number of hydrogen-bond donors (Lipinski definition) is 1. The number of halogens is 3. The second-order valence-electron chi connectivity index (χ2n) is 4.52. The molecule has 0 aliphatic rings. The lowest BCUT2D eigenvalue weighted by Gasteiger charge is -2.14. The van der Waals surface area contributed by atoms with Gasteiger partial charge in [-0.3, -0.25) is 14.8 Å². The van der Waals surface area contributed by atoms with Crippen molar-refractivity contribution in [2.75, 3.05) is 11.9 Å². The topological polar surface area (TPSA) is 96.8 Å². The van der Waals surface area contributed by atoms with Crippen LogP contribution in [0.2, 0.25) is 0 Å². The van der Waals surface area contributed by atoms with Crippen molar-refractivity contribution < 1.29 is 18.1 Å². The molecule has 10 heteroatoms. The quantitative estimate of drug-likeness (QED) is 0.673. The molecule has 2 rings (SSSR count). The van der Waals surface area contributed by atoms with E-state index in [9.17, 15) is 23.3 Å². The Kier molecular flexibility index (Phi) is 4.49. The minimum atomic E-state index is -4.55. The highest BCUT2D eigenvalue weighted by Gasteiger charge is 2.33. The maximum Gasteiger partial charge on any atom is 0.418 e. The lowest BCUT2D eigenvalue weighted by Crippen LogP contribution is -2.15. The molecule has 0 saturated carbocycles. The summed E-state index contributed by atoms with van der Waals surface area (Å²) in [5, 5.41) is 25.6. The number of aromatic nitrogens is 2. The highest BCUT2D eigenvalue weighted by molar-refractivity contribution is 5.56. The second-order valence-corrected chi connectivity index (χ2v) is 4.52. The molecule has 120 valence electrons. The maximum absolute atomic E-state index is 12.9. The zero-order chi connectivity index (χ0) is 17.0. The average molecular weight is 325 g/mol. The van der Waals surface area contributed by atoms with E-state index in [-0.39, 0.29) is 30.0 Å². The van der Waals surface area contributed by atoms with Gasteiger partial charge in [-0.1, -0.05) is 0 Å². The summed E-state index contributed by atoms with van der Waals surface area (Å²) < 4.78 is 40.0. The Bertz CT molecular complexity index is 764. The fraction of sp³-hybridized carbons (Fsp3) is 0.231. The van der Waals surface area contributed by atoms with Crippen LogP contribution in [0.15, 0.2) is 30.6 Å². The number of nitriles is 1. The van der Waals surface area contributed by atoms with Gasteiger partial charge in [0.1, 0.15) is 12.4 Å². The highest BCUT2D eigenvalue weighted by Crippen LogP contribution is 2.35. The highest BCUT2D eigenvalue weighted by atomic mass is 19.4. The van der Waals surface area contributed by atoms with E-state index in [0.717, 1.165) is 24.4 Å². The van der Waals surface area contributed by atoms with Gasteiger partial charge in [-0.2, -0.15) is 23.5 Å². The Labute approximate surface area is 128 Å². The zero-order valence-electron chi connectivity index (χ0n) is 11.5. The van der Waals surface area contributed by atoms with E-state index in [4.69, 9.17) is 5.26 Å². The van der Waals surface area contributed by atoms with Crippen molar-refractivity contribution in [1.29, 1.82) is 5.26 Å². The number of hydrogen-bond acceptors (Lipinski definition) is 5. The van der Waals surface area contributed by atoms with Crippen LogP contribution in [0.25, 0.3) is 0 Å². The Balaban J connectivity index is 2.10. The number of nitro groups is 1. The van der Waals surface area contributed by atoms with Gasteiger partial charge in [-0.05, 0) is 18.2 Å². The van der Waals surface area contributed by atoms with Gasteiger partial charge in [0.05, 0.1) is 28.7 Å². The fourth-order valence-corrected chi connectivity index (χ4v) is 1.88. The van der Waals surface area contributed by atoms with Crippen LogP contribution in [0.5, 0.6) is 0 Å². The monoisotopic (exact) mass is 325 g/mol. The Morgan fingerprint density at radius 2 is 2.17 bits per heavy atom. The lowest BCUT2D eigenvalue weighted by molar-refractivity contribution is -0.385. The van der Waals surface area contributed by atoms with E-state index >= 15 is 0 Å². The minimum absolute atomic E-state index is 0.0524. The van der Waals surface area contributed by atoms with Crippen molar-refractivity contribution in [2.45, 2.75) is 12.7 Å². The molecule has 1 aromatic carbocycles. The molecule has 0 fully saturated rings. The van der Waals surface area contributed by atoms with Crippen LogP contribution in [0.4, 0.5) is 24.5 Å². The Morgan fingerprint density at radius 3 is 2.74 bits per heavy atom. The summed E-state index contributed by atoms with van der Waals surface area (Å²) in [5.41, 5.74) is -1.22. The molecule has 0 bridgehead atoms. The molecule has 1 heterocycles. The molecule has 0 aliphatic carbocycles. The molecule has 0 atom stereocenters. The molecule has 0 radical (unpaired) electrons. The van der Waals surface area contributed by atoms with Gasteiger partial charge in [0.15, 0.2) is 0 Å². The second kappa shape index (κ2) is 6.35. The molecule has 0 amide bonds. The van der Waals surface area contributed by atoms with Gasteiger partial charge in [0.2, 0.25) is 0 Å². The number of nitrogens with one attached hydrogen (secondary N) is 1. The molecule has 7 nitrogen and oxygen atoms in total. The van der Waals surface area contributed by atoms with Gasteiger partial charge in [-0.25, -0.2) is 0 Å². The molecule has 23 heavy (non-hydrogen) atoms.